The van der Waals surface area contributed by atoms with E-state index in [9.17, 15) is 9.59 Å². The van der Waals surface area contributed by atoms with Crippen LogP contribution in [-0.4, -0.2) is 39.9 Å². The van der Waals surface area contributed by atoms with E-state index in [0.29, 0.717) is 17.5 Å². The molecule has 0 radical (unpaired) electrons. The molecule has 0 aliphatic carbocycles. The molecule has 1 aliphatic heterocycles. The van der Waals surface area contributed by atoms with Crippen LogP contribution in [0.2, 0.25) is 0 Å². The number of methoxy groups -OCH3 is 1. The van der Waals surface area contributed by atoms with E-state index in [1.165, 1.54) is 12.0 Å². The standard InChI is InChI=1S/C16H14N4O3/c1-23-16(22)14-6-12-13(19-9-18-12)8-20(14)15(21)11-4-2-10(7-17)3-5-11/h2-5,9,14H,6,8H2,1H3,(H,18,19)/t14-/m0/s1. The number of esters is 1. The molecule has 116 valence electrons. The van der Waals surface area contributed by atoms with E-state index in [2.05, 4.69) is 9.97 Å². The number of aromatic amines is 1. The third-order valence-corrected chi connectivity index (χ3v) is 3.89. The van der Waals surface area contributed by atoms with Gasteiger partial charge in [-0.1, -0.05) is 0 Å². The smallest absolute Gasteiger partial charge is 0.329 e. The SMILES string of the molecule is COC(=O)[C@@H]1Cc2nc[nH]c2CN1C(=O)c1ccc(C#N)cc1. The monoisotopic (exact) mass is 310 g/mol. The van der Waals surface area contributed by atoms with Crippen molar-refractivity contribution in [1.29, 1.82) is 5.26 Å². The van der Waals surface area contributed by atoms with E-state index in [0.717, 1.165) is 11.4 Å². The number of benzene rings is 1. The number of hydrogen-bond acceptors (Lipinski definition) is 5. The summed E-state index contributed by atoms with van der Waals surface area (Å²) in [5.74, 6) is -0.759. The van der Waals surface area contributed by atoms with E-state index in [4.69, 9.17) is 10.00 Å². The number of hydrogen-bond donors (Lipinski definition) is 1. The molecular weight excluding hydrogens is 296 g/mol. The van der Waals surface area contributed by atoms with Gasteiger partial charge in [0.05, 0.1) is 43.0 Å². The van der Waals surface area contributed by atoms with Crippen LogP contribution in [0.3, 0.4) is 0 Å². The van der Waals surface area contributed by atoms with Crippen molar-refractivity contribution in [2.24, 2.45) is 0 Å². The molecule has 1 N–H and O–H groups in total. The van der Waals surface area contributed by atoms with Crippen LogP contribution in [0.15, 0.2) is 30.6 Å². The van der Waals surface area contributed by atoms with Crippen molar-refractivity contribution in [3.8, 4) is 6.07 Å². The summed E-state index contributed by atoms with van der Waals surface area (Å²) in [6, 6.07) is 7.61. The molecule has 7 heteroatoms. The first kappa shape index (κ1) is 14.8. The molecule has 23 heavy (non-hydrogen) atoms. The molecule has 0 saturated heterocycles. The average Bonchev–Trinajstić information content (AvgIpc) is 3.06. The fourth-order valence-electron chi connectivity index (χ4n) is 2.65. The molecule has 7 nitrogen and oxygen atoms in total. The second kappa shape index (κ2) is 5.93. The third kappa shape index (κ3) is 2.66. The van der Waals surface area contributed by atoms with Gasteiger partial charge in [0.25, 0.3) is 5.91 Å². The number of nitriles is 1. The van der Waals surface area contributed by atoms with Crippen LogP contribution in [0.5, 0.6) is 0 Å². The molecule has 0 bridgehead atoms. The van der Waals surface area contributed by atoms with Gasteiger partial charge in [-0.2, -0.15) is 5.26 Å². The Hall–Kier alpha value is -3.14. The number of amides is 1. The first-order chi connectivity index (χ1) is 11.1. The van der Waals surface area contributed by atoms with Crippen LogP contribution < -0.4 is 0 Å². The van der Waals surface area contributed by atoms with Crippen molar-refractivity contribution in [1.82, 2.24) is 14.9 Å². The fraction of sp³-hybridized carbons (Fsp3) is 0.250. The number of carbonyl (C=O) groups is 2. The molecule has 2 heterocycles. The topological polar surface area (TPSA) is 99.1 Å². The van der Waals surface area contributed by atoms with Gasteiger partial charge in [0.2, 0.25) is 0 Å². The zero-order valence-corrected chi connectivity index (χ0v) is 12.4. The Labute approximate surface area is 132 Å². The molecule has 1 atom stereocenters. The molecule has 1 aliphatic rings. The zero-order valence-electron chi connectivity index (χ0n) is 12.4. The Morgan fingerprint density at radius 3 is 2.78 bits per heavy atom. The summed E-state index contributed by atoms with van der Waals surface area (Å²) >= 11 is 0. The number of carbonyl (C=O) groups excluding carboxylic acids is 2. The molecule has 1 amide bonds. The first-order valence-corrected chi connectivity index (χ1v) is 7.04. The Bertz CT molecular complexity index is 788. The van der Waals surface area contributed by atoms with Gasteiger partial charge in [-0.05, 0) is 24.3 Å². The van der Waals surface area contributed by atoms with Crippen molar-refractivity contribution in [2.75, 3.05) is 7.11 Å². The lowest BCUT2D eigenvalue weighted by Gasteiger charge is -2.33. The van der Waals surface area contributed by atoms with Gasteiger partial charge in [0, 0.05) is 12.0 Å². The Balaban J connectivity index is 1.92. The lowest BCUT2D eigenvalue weighted by atomic mass is 10.0. The summed E-state index contributed by atoms with van der Waals surface area (Å²) < 4.78 is 4.82. The number of fused-ring (bicyclic) bond motifs is 1. The summed E-state index contributed by atoms with van der Waals surface area (Å²) in [5.41, 5.74) is 2.47. The number of nitrogens with zero attached hydrogens (tertiary/aromatic N) is 3. The van der Waals surface area contributed by atoms with Crippen molar-refractivity contribution >= 4 is 11.9 Å². The number of ether oxygens (including phenoxy) is 1. The summed E-state index contributed by atoms with van der Waals surface area (Å²) in [6.07, 6.45) is 1.86. The van der Waals surface area contributed by atoms with E-state index in [1.54, 1.807) is 30.6 Å². The molecule has 0 unspecified atom stereocenters. The summed E-state index contributed by atoms with van der Waals surface area (Å²) in [4.78, 5) is 33.4. The Morgan fingerprint density at radius 1 is 1.39 bits per heavy atom. The van der Waals surface area contributed by atoms with Crippen LogP contribution in [0, 0.1) is 11.3 Å². The van der Waals surface area contributed by atoms with E-state index < -0.39 is 12.0 Å². The predicted molar refractivity (Wildman–Crippen MR) is 79.1 cm³/mol. The van der Waals surface area contributed by atoms with Crippen molar-refractivity contribution < 1.29 is 14.3 Å². The highest BCUT2D eigenvalue weighted by atomic mass is 16.5. The Morgan fingerprint density at radius 2 is 2.13 bits per heavy atom. The maximum atomic E-state index is 12.8. The number of H-pyrrole nitrogens is 1. The molecule has 0 fully saturated rings. The minimum atomic E-state index is -0.709. The van der Waals surface area contributed by atoms with Gasteiger partial charge in [-0.25, -0.2) is 9.78 Å². The number of rotatable bonds is 2. The number of nitrogens with one attached hydrogen (secondary N) is 1. The van der Waals surface area contributed by atoms with Crippen molar-refractivity contribution in [3.63, 3.8) is 0 Å². The highest BCUT2D eigenvalue weighted by Gasteiger charge is 2.37. The first-order valence-electron chi connectivity index (χ1n) is 7.04. The quantitative estimate of drug-likeness (QED) is 0.835. The second-order valence-corrected chi connectivity index (χ2v) is 5.19. The maximum Gasteiger partial charge on any atom is 0.329 e. The minimum absolute atomic E-state index is 0.258. The highest BCUT2D eigenvalue weighted by molar-refractivity contribution is 5.97. The van der Waals surface area contributed by atoms with Gasteiger partial charge in [-0.15, -0.1) is 0 Å². The lowest BCUT2D eigenvalue weighted by molar-refractivity contribution is -0.146. The molecule has 1 aromatic heterocycles. The van der Waals surface area contributed by atoms with Gasteiger partial charge >= 0.3 is 5.97 Å². The van der Waals surface area contributed by atoms with Gasteiger partial charge in [0.15, 0.2) is 0 Å². The average molecular weight is 310 g/mol. The summed E-state index contributed by atoms with van der Waals surface area (Å²) in [7, 11) is 1.30. The minimum Gasteiger partial charge on any atom is -0.467 e. The van der Waals surface area contributed by atoms with E-state index in [1.807, 2.05) is 6.07 Å². The summed E-state index contributed by atoms with van der Waals surface area (Å²) in [5, 5.41) is 8.83. The molecule has 2 aromatic rings. The third-order valence-electron chi connectivity index (χ3n) is 3.89. The van der Waals surface area contributed by atoms with Crippen LogP contribution in [0.1, 0.15) is 27.3 Å². The molecule has 0 spiro atoms. The van der Waals surface area contributed by atoms with Crippen LogP contribution in [-0.2, 0) is 22.5 Å². The van der Waals surface area contributed by atoms with Crippen molar-refractivity contribution in [2.45, 2.75) is 19.0 Å². The highest BCUT2D eigenvalue weighted by Crippen LogP contribution is 2.23. The van der Waals surface area contributed by atoms with Crippen molar-refractivity contribution in [3.05, 3.63) is 53.1 Å². The maximum absolute atomic E-state index is 12.8. The fourth-order valence-corrected chi connectivity index (χ4v) is 2.65. The van der Waals surface area contributed by atoms with Crippen LogP contribution >= 0.6 is 0 Å². The molecular formula is C16H14N4O3. The predicted octanol–water partition coefficient (Wildman–Crippen LogP) is 1.02. The van der Waals surface area contributed by atoms with Crippen LogP contribution in [0.4, 0.5) is 0 Å². The Kier molecular flexibility index (Phi) is 3.81. The largest absolute Gasteiger partial charge is 0.467 e. The normalized spacial score (nSPS) is 16.3. The molecule has 0 saturated carbocycles. The van der Waals surface area contributed by atoms with E-state index in [-0.39, 0.29) is 12.5 Å². The number of imidazole rings is 1. The van der Waals surface area contributed by atoms with Gasteiger partial charge in [-0.3, -0.25) is 4.79 Å². The van der Waals surface area contributed by atoms with Gasteiger partial charge in [0.1, 0.15) is 6.04 Å². The van der Waals surface area contributed by atoms with Gasteiger partial charge < -0.3 is 14.6 Å². The zero-order chi connectivity index (χ0) is 16.4. The molecule has 1 aromatic carbocycles. The van der Waals surface area contributed by atoms with Crippen LogP contribution in [0.25, 0.3) is 0 Å². The summed E-state index contributed by atoms with van der Waals surface area (Å²) in [6.45, 7) is 0.258. The molecule has 3 rings (SSSR count). The van der Waals surface area contributed by atoms with E-state index >= 15 is 0 Å². The second-order valence-electron chi connectivity index (χ2n) is 5.19. The number of aromatic nitrogens is 2. The lowest BCUT2D eigenvalue weighted by Crippen LogP contribution is -2.49.